The molecule has 1 aromatic heterocycles. The van der Waals surface area contributed by atoms with E-state index in [4.69, 9.17) is 4.99 Å². The number of hydrogen-bond donors (Lipinski definition) is 1. The topological polar surface area (TPSA) is 62.5 Å². The van der Waals surface area contributed by atoms with E-state index < -0.39 is 10.8 Å². The van der Waals surface area contributed by atoms with Crippen LogP contribution in [0.4, 0.5) is 0 Å². The van der Waals surface area contributed by atoms with Crippen LogP contribution in [0.1, 0.15) is 24.5 Å². The number of aliphatic imine (C=N–C) groups is 1. The lowest BCUT2D eigenvalue weighted by atomic mass is 10.0. The van der Waals surface area contributed by atoms with E-state index in [1.165, 1.54) is 12.0 Å². The van der Waals surface area contributed by atoms with Gasteiger partial charge in [0.15, 0.2) is 5.96 Å². The van der Waals surface area contributed by atoms with Gasteiger partial charge in [-0.05, 0) is 36.8 Å². The average molecular weight is 529 g/mol. The molecule has 8 heteroatoms. The SMILES string of the molecule is CCNC(=NCCS(=O)Cc1ccccc1)N1CCC(Cc2cnn(C)c2)C1.I. The molecule has 6 nitrogen and oxygen atoms in total. The van der Waals surface area contributed by atoms with E-state index >= 15 is 0 Å². The van der Waals surface area contributed by atoms with Gasteiger partial charge in [0, 0.05) is 55.2 Å². The molecule has 0 aliphatic carbocycles. The first-order valence-electron chi connectivity index (χ1n) is 10.0. The van der Waals surface area contributed by atoms with E-state index in [0.29, 0.717) is 24.0 Å². The Bertz CT molecular complexity index is 795. The number of likely N-dealkylation sites (tertiary alicyclic amines) is 1. The second-order valence-corrected chi connectivity index (χ2v) is 8.91. The molecule has 2 atom stereocenters. The number of aryl methyl sites for hydroxylation is 1. The zero-order chi connectivity index (χ0) is 19.8. The fourth-order valence-electron chi connectivity index (χ4n) is 3.61. The molecule has 1 fully saturated rings. The molecule has 0 spiro atoms. The summed E-state index contributed by atoms with van der Waals surface area (Å²) in [7, 11) is 1.07. The number of benzene rings is 1. The van der Waals surface area contributed by atoms with Crippen molar-refractivity contribution < 1.29 is 4.21 Å². The number of aromatic nitrogens is 2. The van der Waals surface area contributed by atoms with Crippen molar-refractivity contribution in [2.75, 3.05) is 31.9 Å². The van der Waals surface area contributed by atoms with E-state index in [9.17, 15) is 4.21 Å². The van der Waals surface area contributed by atoms with Crippen LogP contribution in [0.3, 0.4) is 0 Å². The van der Waals surface area contributed by atoms with E-state index in [0.717, 1.165) is 37.6 Å². The standard InChI is InChI=1S/C21H31N5OS.HI/c1-3-22-21(23-10-12-28(27)17-18-7-5-4-6-8-18)26-11-9-19(16-26)13-20-14-24-25(2)15-20;/h4-8,14-15,19H,3,9-13,16-17H2,1-2H3,(H,22,23);1H. The Morgan fingerprint density at radius 3 is 2.79 bits per heavy atom. The summed E-state index contributed by atoms with van der Waals surface area (Å²) in [6.07, 6.45) is 6.29. The highest BCUT2D eigenvalue weighted by atomic mass is 127. The van der Waals surface area contributed by atoms with Gasteiger partial charge in [0.2, 0.25) is 0 Å². The number of nitrogens with one attached hydrogen (secondary N) is 1. The Morgan fingerprint density at radius 2 is 2.10 bits per heavy atom. The molecule has 1 aliphatic heterocycles. The van der Waals surface area contributed by atoms with Crippen molar-refractivity contribution in [2.45, 2.75) is 25.5 Å². The molecule has 0 saturated carbocycles. The van der Waals surface area contributed by atoms with Crippen molar-refractivity contribution in [3.05, 3.63) is 53.9 Å². The number of halogens is 1. The number of guanidine groups is 1. The summed E-state index contributed by atoms with van der Waals surface area (Å²) in [5.41, 5.74) is 2.42. The second-order valence-electron chi connectivity index (χ2n) is 7.34. The Balaban J connectivity index is 0.00000300. The monoisotopic (exact) mass is 529 g/mol. The van der Waals surface area contributed by atoms with Crippen molar-refractivity contribution >= 4 is 40.7 Å². The largest absolute Gasteiger partial charge is 0.357 e. The average Bonchev–Trinajstić information content (AvgIpc) is 3.31. The highest BCUT2D eigenvalue weighted by Gasteiger charge is 2.25. The van der Waals surface area contributed by atoms with Crippen LogP contribution in [0.5, 0.6) is 0 Å². The quantitative estimate of drug-likeness (QED) is 0.325. The maximum atomic E-state index is 12.3. The van der Waals surface area contributed by atoms with Gasteiger partial charge in [-0.3, -0.25) is 13.9 Å². The third-order valence-corrected chi connectivity index (χ3v) is 6.25. The minimum Gasteiger partial charge on any atom is -0.357 e. The maximum Gasteiger partial charge on any atom is 0.193 e. The summed E-state index contributed by atoms with van der Waals surface area (Å²) in [6, 6.07) is 10.0. The van der Waals surface area contributed by atoms with Crippen molar-refractivity contribution in [2.24, 2.45) is 18.0 Å². The molecule has 0 amide bonds. The van der Waals surface area contributed by atoms with Crippen LogP contribution < -0.4 is 5.32 Å². The van der Waals surface area contributed by atoms with Crippen molar-refractivity contribution in [3.8, 4) is 0 Å². The summed E-state index contributed by atoms with van der Waals surface area (Å²) in [5, 5.41) is 7.66. The molecular weight excluding hydrogens is 497 g/mol. The number of hydrogen-bond acceptors (Lipinski definition) is 3. The first kappa shape index (κ1) is 23.9. The van der Waals surface area contributed by atoms with Gasteiger partial charge in [-0.2, -0.15) is 5.10 Å². The van der Waals surface area contributed by atoms with Gasteiger partial charge in [0.1, 0.15) is 0 Å². The van der Waals surface area contributed by atoms with Crippen molar-refractivity contribution in [3.63, 3.8) is 0 Å². The van der Waals surface area contributed by atoms with Gasteiger partial charge >= 0.3 is 0 Å². The molecule has 2 aromatic rings. The first-order valence-corrected chi connectivity index (χ1v) is 11.5. The third kappa shape index (κ3) is 7.73. The smallest absolute Gasteiger partial charge is 0.193 e. The van der Waals surface area contributed by atoms with E-state index in [1.807, 2.05) is 48.3 Å². The Morgan fingerprint density at radius 1 is 1.31 bits per heavy atom. The summed E-state index contributed by atoms with van der Waals surface area (Å²) >= 11 is 0. The molecule has 0 bridgehead atoms. The summed E-state index contributed by atoms with van der Waals surface area (Å²) in [4.78, 5) is 7.08. The van der Waals surface area contributed by atoms with Gasteiger partial charge in [-0.15, -0.1) is 24.0 Å². The zero-order valence-electron chi connectivity index (χ0n) is 17.3. The van der Waals surface area contributed by atoms with Crippen LogP contribution in [0.15, 0.2) is 47.7 Å². The first-order chi connectivity index (χ1) is 13.6. The molecule has 1 saturated heterocycles. The highest BCUT2D eigenvalue weighted by molar-refractivity contribution is 14.0. The van der Waals surface area contributed by atoms with Crippen LogP contribution in [-0.4, -0.2) is 56.8 Å². The Kier molecular flexibility index (Phi) is 10.1. The maximum absolute atomic E-state index is 12.3. The molecule has 2 heterocycles. The van der Waals surface area contributed by atoms with Crippen LogP contribution in [0.2, 0.25) is 0 Å². The Labute approximate surface area is 193 Å². The molecular formula is C21H32IN5OS. The van der Waals surface area contributed by atoms with Gasteiger partial charge in [0.05, 0.1) is 12.7 Å². The van der Waals surface area contributed by atoms with Crippen LogP contribution in [0, 0.1) is 5.92 Å². The summed E-state index contributed by atoms with van der Waals surface area (Å²) in [6.45, 7) is 5.55. The lowest BCUT2D eigenvalue weighted by Gasteiger charge is -2.21. The molecule has 1 aliphatic rings. The molecule has 1 aromatic carbocycles. The van der Waals surface area contributed by atoms with Gasteiger partial charge < -0.3 is 10.2 Å². The Hall–Kier alpha value is -1.42. The molecule has 1 N–H and O–H groups in total. The molecule has 2 unspecified atom stereocenters. The van der Waals surface area contributed by atoms with Gasteiger partial charge in [-0.25, -0.2) is 0 Å². The predicted molar refractivity (Wildman–Crippen MR) is 131 cm³/mol. The highest BCUT2D eigenvalue weighted by Crippen LogP contribution is 2.20. The number of nitrogens with zero attached hydrogens (tertiary/aromatic N) is 4. The molecule has 3 rings (SSSR count). The fraction of sp³-hybridized carbons (Fsp3) is 0.524. The zero-order valence-corrected chi connectivity index (χ0v) is 20.4. The van der Waals surface area contributed by atoms with Crippen LogP contribution >= 0.6 is 24.0 Å². The van der Waals surface area contributed by atoms with Crippen molar-refractivity contribution in [1.29, 1.82) is 0 Å². The minimum absolute atomic E-state index is 0. The van der Waals surface area contributed by atoms with E-state index in [2.05, 4.69) is 28.4 Å². The summed E-state index contributed by atoms with van der Waals surface area (Å²) < 4.78 is 14.2. The molecule has 0 radical (unpaired) electrons. The second kappa shape index (κ2) is 12.3. The van der Waals surface area contributed by atoms with E-state index in [-0.39, 0.29) is 24.0 Å². The molecule has 29 heavy (non-hydrogen) atoms. The van der Waals surface area contributed by atoms with E-state index in [1.54, 1.807) is 0 Å². The predicted octanol–water partition coefficient (Wildman–Crippen LogP) is 2.82. The normalized spacial score (nSPS) is 17.8. The lowest BCUT2D eigenvalue weighted by Crippen LogP contribution is -2.40. The fourth-order valence-corrected chi connectivity index (χ4v) is 4.62. The number of rotatable bonds is 8. The minimum atomic E-state index is -0.887. The lowest BCUT2D eigenvalue weighted by molar-refractivity contribution is 0.460. The summed E-state index contributed by atoms with van der Waals surface area (Å²) in [5.74, 6) is 2.77. The van der Waals surface area contributed by atoms with Gasteiger partial charge in [-0.1, -0.05) is 30.3 Å². The van der Waals surface area contributed by atoms with Crippen molar-refractivity contribution in [1.82, 2.24) is 20.0 Å². The van der Waals surface area contributed by atoms with Crippen LogP contribution in [0.25, 0.3) is 0 Å². The van der Waals surface area contributed by atoms with Crippen LogP contribution in [-0.2, 0) is 30.0 Å². The third-order valence-electron chi connectivity index (χ3n) is 4.95. The molecule has 160 valence electrons. The van der Waals surface area contributed by atoms with Gasteiger partial charge in [0.25, 0.3) is 0 Å².